The molecule has 3 rings (SSSR count). The van der Waals surface area contributed by atoms with Crippen molar-refractivity contribution in [3.8, 4) is 5.75 Å². The van der Waals surface area contributed by atoms with Gasteiger partial charge in [0.1, 0.15) is 23.2 Å². The van der Waals surface area contributed by atoms with Gasteiger partial charge in [-0.25, -0.2) is 0 Å². The van der Waals surface area contributed by atoms with E-state index in [1.165, 1.54) is 0 Å². The molecular formula is C17H24O3. The molecular weight excluding hydrogens is 252 g/mol. The van der Waals surface area contributed by atoms with Crippen molar-refractivity contribution in [1.29, 1.82) is 0 Å². The van der Waals surface area contributed by atoms with Crippen LogP contribution in [0.3, 0.4) is 0 Å². The predicted molar refractivity (Wildman–Crippen MR) is 81.2 cm³/mol. The van der Waals surface area contributed by atoms with Crippen LogP contribution >= 0.6 is 0 Å². The fraction of sp³-hybridized carbons (Fsp3) is 0.529. The number of aryl methyl sites for hydroxylation is 1. The van der Waals surface area contributed by atoms with Crippen LogP contribution in [0.5, 0.6) is 5.75 Å². The Balaban J connectivity index is 0.000000704. The Morgan fingerprint density at radius 3 is 2.65 bits per heavy atom. The topological polar surface area (TPSA) is 42.6 Å². The maximum absolute atomic E-state index is 9.90. The highest BCUT2D eigenvalue weighted by atomic mass is 16.5. The summed E-state index contributed by atoms with van der Waals surface area (Å²) in [5.74, 6) is 1.72. The van der Waals surface area contributed by atoms with Crippen molar-refractivity contribution >= 4 is 11.0 Å². The van der Waals surface area contributed by atoms with Crippen molar-refractivity contribution in [1.82, 2.24) is 0 Å². The predicted octanol–water partition coefficient (Wildman–Crippen LogP) is 4.45. The number of fused-ring (bicyclic) bond motifs is 1. The van der Waals surface area contributed by atoms with Crippen molar-refractivity contribution < 1.29 is 14.3 Å². The third-order valence-electron chi connectivity index (χ3n) is 3.57. The summed E-state index contributed by atoms with van der Waals surface area (Å²) in [7, 11) is 0. The van der Waals surface area contributed by atoms with Crippen LogP contribution in [0.4, 0.5) is 0 Å². The molecule has 0 radical (unpaired) electrons. The van der Waals surface area contributed by atoms with Crippen molar-refractivity contribution in [2.45, 2.75) is 58.7 Å². The van der Waals surface area contributed by atoms with Gasteiger partial charge in [0.2, 0.25) is 0 Å². The quantitative estimate of drug-likeness (QED) is 0.881. The SMILES string of the molecule is CC.Cc1cc2cc(OC3CCCCC3O)ccc2o1. The number of benzene rings is 1. The fourth-order valence-electron chi connectivity index (χ4n) is 2.62. The summed E-state index contributed by atoms with van der Waals surface area (Å²) in [6.45, 7) is 5.94. The van der Waals surface area contributed by atoms with Crippen molar-refractivity contribution in [2.75, 3.05) is 0 Å². The van der Waals surface area contributed by atoms with Gasteiger partial charge in [0, 0.05) is 5.39 Å². The van der Waals surface area contributed by atoms with Crippen LogP contribution in [0.2, 0.25) is 0 Å². The van der Waals surface area contributed by atoms with Crippen LogP contribution in [0.1, 0.15) is 45.3 Å². The van der Waals surface area contributed by atoms with Gasteiger partial charge in [-0.05, 0) is 50.5 Å². The lowest BCUT2D eigenvalue weighted by molar-refractivity contribution is 0.00694. The second-order valence-electron chi connectivity index (χ2n) is 5.06. The summed E-state index contributed by atoms with van der Waals surface area (Å²) in [5.41, 5.74) is 0.879. The van der Waals surface area contributed by atoms with Crippen molar-refractivity contribution in [2.24, 2.45) is 0 Å². The zero-order chi connectivity index (χ0) is 14.5. The lowest BCUT2D eigenvalue weighted by Crippen LogP contribution is -2.34. The summed E-state index contributed by atoms with van der Waals surface area (Å²) in [6.07, 6.45) is 3.61. The highest BCUT2D eigenvalue weighted by Gasteiger charge is 2.24. The Kier molecular flexibility index (Phi) is 5.07. The van der Waals surface area contributed by atoms with E-state index in [4.69, 9.17) is 9.15 Å². The van der Waals surface area contributed by atoms with Gasteiger partial charge in [-0.2, -0.15) is 0 Å². The highest BCUT2D eigenvalue weighted by Crippen LogP contribution is 2.27. The Morgan fingerprint density at radius 2 is 1.90 bits per heavy atom. The van der Waals surface area contributed by atoms with Gasteiger partial charge in [0.25, 0.3) is 0 Å². The maximum Gasteiger partial charge on any atom is 0.134 e. The number of ether oxygens (including phenoxy) is 1. The van der Waals surface area contributed by atoms with E-state index in [1.807, 2.05) is 45.0 Å². The Bertz CT molecular complexity index is 544. The molecule has 0 spiro atoms. The van der Waals surface area contributed by atoms with Gasteiger partial charge in [0.05, 0.1) is 6.10 Å². The summed E-state index contributed by atoms with van der Waals surface area (Å²) in [5, 5.41) is 11.0. The number of aliphatic hydroxyl groups is 1. The van der Waals surface area contributed by atoms with Gasteiger partial charge in [-0.15, -0.1) is 0 Å². The molecule has 0 amide bonds. The fourth-order valence-corrected chi connectivity index (χ4v) is 2.62. The van der Waals surface area contributed by atoms with Gasteiger partial charge in [-0.3, -0.25) is 0 Å². The highest BCUT2D eigenvalue weighted by molar-refractivity contribution is 5.79. The van der Waals surface area contributed by atoms with Crippen LogP contribution in [-0.4, -0.2) is 17.3 Å². The minimum Gasteiger partial charge on any atom is -0.488 e. The van der Waals surface area contributed by atoms with Crippen LogP contribution in [0, 0.1) is 6.92 Å². The molecule has 2 aromatic rings. The molecule has 0 bridgehead atoms. The summed E-state index contributed by atoms with van der Waals surface area (Å²) in [4.78, 5) is 0. The summed E-state index contributed by atoms with van der Waals surface area (Å²) < 4.78 is 11.4. The molecule has 1 aromatic carbocycles. The van der Waals surface area contributed by atoms with Crippen LogP contribution in [0.25, 0.3) is 11.0 Å². The standard InChI is InChI=1S/C15H18O3.C2H6/c1-10-8-11-9-12(6-7-14(11)17-10)18-15-5-3-2-4-13(15)16;1-2/h6-9,13,15-16H,2-5H2,1H3;1-2H3. The van der Waals surface area contributed by atoms with Crippen LogP contribution < -0.4 is 4.74 Å². The van der Waals surface area contributed by atoms with Gasteiger partial charge in [0.15, 0.2) is 0 Å². The molecule has 110 valence electrons. The molecule has 0 saturated heterocycles. The molecule has 1 heterocycles. The van der Waals surface area contributed by atoms with E-state index in [1.54, 1.807) is 0 Å². The van der Waals surface area contributed by atoms with Crippen molar-refractivity contribution in [3.05, 3.63) is 30.0 Å². The Morgan fingerprint density at radius 1 is 1.15 bits per heavy atom. The lowest BCUT2D eigenvalue weighted by Gasteiger charge is -2.28. The molecule has 3 nitrogen and oxygen atoms in total. The van der Waals surface area contributed by atoms with Crippen molar-refractivity contribution in [3.63, 3.8) is 0 Å². The first-order valence-electron chi connectivity index (χ1n) is 7.57. The zero-order valence-corrected chi connectivity index (χ0v) is 12.6. The molecule has 1 aliphatic carbocycles. The number of aliphatic hydroxyl groups excluding tert-OH is 1. The van der Waals surface area contributed by atoms with Gasteiger partial charge in [-0.1, -0.05) is 20.3 Å². The summed E-state index contributed by atoms with van der Waals surface area (Å²) in [6, 6.07) is 7.81. The number of hydrogen-bond donors (Lipinski definition) is 1. The average Bonchev–Trinajstić information content (AvgIpc) is 2.83. The second kappa shape index (κ2) is 6.80. The minimum atomic E-state index is -0.333. The molecule has 1 aliphatic rings. The monoisotopic (exact) mass is 276 g/mol. The minimum absolute atomic E-state index is 0.0656. The normalized spacial score (nSPS) is 22.2. The molecule has 1 aromatic heterocycles. The zero-order valence-electron chi connectivity index (χ0n) is 12.6. The molecule has 0 aliphatic heterocycles. The molecule has 20 heavy (non-hydrogen) atoms. The number of rotatable bonds is 2. The van der Waals surface area contributed by atoms with E-state index in [0.717, 1.165) is 48.2 Å². The van der Waals surface area contributed by atoms with Crippen LogP contribution in [-0.2, 0) is 0 Å². The molecule has 1 saturated carbocycles. The molecule has 1 N–H and O–H groups in total. The third-order valence-corrected chi connectivity index (χ3v) is 3.57. The molecule has 3 heteroatoms. The van der Waals surface area contributed by atoms with E-state index >= 15 is 0 Å². The first-order valence-corrected chi connectivity index (χ1v) is 7.57. The number of hydrogen-bond acceptors (Lipinski definition) is 3. The average molecular weight is 276 g/mol. The lowest BCUT2D eigenvalue weighted by atomic mass is 9.95. The molecule has 2 atom stereocenters. The van der Waals surface area contributed by atoms with E-state index < -0.39 is 0 Å². The van der Waals surface area contributed by atoms with Gasteiger partial charge >= 0.3 is 0 Å². The molecule has 1 fully saturated rings. The van der Waals surface area contributed by atoms with Crippen LogP contribution in [0.15, 0.2) is 28.7 Å². The maximum atomic E-state index is 9.90. The van der Waals surface area contributed by atoms with Gasteiger partial charge < -0.3 is 14.3 Å². The first-order chi connectivity index (χ1) is 9.72. The number of furan rings is 1. The second-order valence-corrected chi connectivity index (χ2v) is 5.06. The summed E-state index contributed by atoms with van der Waals surface area (Å²) >= 11 is 0. The first kappa shape index (κ1) is 14.9. The van der Waals surface area contributed by atoms with E-state index in [0.29, 0.717) is 0 Å². The largest absolute Gasteiger partial charge is 0.488 e. The van der Waals surface area contributed by atoms with E-state index in [9.17, 15) is 5.11 Å². The van der Waals surface area contributed by atoms with E-state index in [-0.39, 0.29) is 12.2 Å². The van der Waals surface area contributed by atoms with E-state index in [2.05, 4.69) is 0 Å². The third kappa shape index (κ3) is 3.34. The Labute approximate surface area is 120 Å². The Hall–Kier alpha value is -1.48. The molecule has 2 unspecified atom stereocenters. The smallest absolute Gasteiger partial charge is 0.134 e.